The number of hydrogen-bond donors (Lipinski definition) is 2. The molecule has 2 rings (SSSR count). The molecule has 0 aliphatic rings. The van der Waals surface area contributed by atoms with Gasteiger partial charge in [-0.25, -0.2) is 17.9 Å². The summed E-state index contributed by atoms with van der Waals surface area (Å²) in [4.78, 5) is 10.7. The Morgan fingerprint density at radius 2 is 2.05 bits per heavy atom. The summed E-state index contributed by atoms with van der Waals surface area (Å²) in [6.07, 6.45) is 3.67. The Morgan fingerprint density at radius 1 is 1.37 bits per heavy atom. The summed E-state index contributed by atoms with van der Waals surface area (Å²) in [7, 11) is -3.64. The molecule has 0 aliphatic carbocycles. The van der Waals surface area contributed by atoms with Crippen molar-refractivity contribution in [2.75, 3.05) is 6.54 Å². The maximum absolute atomic E-state index is 11.9. The van der Waals surface area contributed by atoms with Crippen LogP contribution in [0, 0.1) is 0 Å². The van der Waals surface area contributed by atoms with Crippen molar-refractivity contribution in [3.05, 3.63) is 40.8 Å². The van der Waals surface area contributed by atoms with Crippen LogP contribution < -0.4 is 4.72 Å². The number of aromatic nitrogens is 1. The van der Waals surface area contributed by atoms with Crippen molar-refractivity contribution in [1.82, 2.24) is 9.29 Å². The van der Waals surface area contributed by atoms with Gasteiger partial charge < -0.3 is 9.67 Å². The highest BCUT2D eigenvalue weighted by atomic mass is 32.2. The van der Waals surface area contributed by atoms with Crippen LogP contribution in [0.1, 0.15) is 9.67 Å². The van der Waals surface area contributed by atoms with Crippen LogP contribution in [-0.4, -0.2) is 30.6 Å². The van der Waals surface area contributed by atoms with Crippen molar-refractivity contribution in [3.8, 4) is 0 Å². The number of rotatable bonds is 6. The number of carboxylic acids is 1. The first-order valence-corrected chi connectivity index (χ1v) is 7.77. The minimum absolute atomic E-state index is 0.00536. The molecule has 0 spiro atoms. The Morgan fingerprint density at radius 3 is 2.63 bits per heavy atom. The third-order valence-electron chi connectivity index (χ3n) is 2.42. The van der Waals surface area contributed by atoms with Gasteiger partial charge >= 0.3 is 5.97 Å². The average molecular weight is 300 g/mol. The van der Waals surface area contributed by atoms with E-state index in [4.69, 9.17) is 5.11 Å². The number of hydrogen-bond acceptors (Lipinski definition) is 4. The van der Waals surface area contributed by atoms with Crippen LogP contribution >= 0.6 is 11.3 Å². The molecule has 0 fully saturated rings. The number of aromatic carboxylic acids is 1. The highest BCUT2D eigenvalue weighted by Crippen LogP contribution is 2.18. The van der Waals surface area contributed by atoms with Crippen molar-refractivity contribution in [2.24, 2.45) is 0 Å². The van der Waals surface area contributed by atoms with E-state index in [1.807, 2.05) is 29.1 Å². The standard InChI is InChI=1S/C11H12N2O4S2/c14-11(15)10-7-9(8-18-10)19(16,17)12-3-6-13-4-1-2-5-13/h1-2,4-5,7-8,12H,3,6H2,(H,14,15). The number of carboxylic acid groups (broad SMARTS) is 1. The summed E-state index contributed by atoms with van der Waals surface area (Å²) in [6.45, 7) is 0.761. The van der Waals surface area contributed by atoms with E-state index < -0.39 is 16.0 Å². The first-order chi connectivity index (χ1) is 8.99. The molecule has 2 heterocycles. The predicted octanol–water partition coefficient (Wildman–Crippen LogP) is 1.23. The Kier molecular flexibility index (Phi) is 4.03. The van der Waals surface area contributed by atoms with Gasteiger partial charge in [0.25, 0.3) is 0 Å². The van der Waals surface area contributed by atoms with Crippen LogP contribution in [0.3, 0.4) is 0 Å². The van der Waals surface area contributed by atoms with Crippen LogP contribution in [0.4, 0.5) is 0 Å². The van der Waals surface area contributed by atoms with Gasteiger partial charge in [0.15, 0.2) is 0 Å². The fraction of sp³-hybridized carbons (Fsp3) is 0.182. The first-order valence-electron chi connectivity index (χ1n) is 5.41. The lowest BCUT2D eigenvalue weighted by molar-refractivity contribution is 0.0702. The van der Waals surface area contributed by atoms with E-state index in [9.17, 15) is 13.2 Å². The molecule has 0 radical (unpaired) electrons. The molecular formula is C11H12N2O4S2. The fourth-order valence-electron chi connectivity index (χ4n) is 1.48. The number of carbonyl (C=O) groups is 1. The number of thiophene rings is 1. The molecule has 0 unspecified atom stereocenters. The minimum Gasteiger partial charge on any atom is -0.477 e. The van der Waals surface area contributed by atoms with Gasteiger partial charge in [0.05, 0.1) is 4.90 Å². The molecule has 6 nitrogen and oxygen atoms in total. The van der Waals surface area contributed by atoms with Gasteiger partial charge in [-0.2, -0.15) is 0 Å². The summed E-state index contributed by atoms with van der Waals surface area (Å²) in [5.41, 5.74) is 0. The smallest absolute Gasteiger partial charge is 0.345 e. The summed E-state index contributed by atoms with van der Waals surface area (Å²) < 4.78 is 28.1. The normalized spacial score (nSPS) is 11.6. The van der Waals surface area contributed by atoms with E-state index in [2.05, 4.69) is 4.72 Å². The highest BCUT2D eigenvalue weighted by Gasteiger charge is 2.17. The third-order valence-corrected chi connectivity index (χ3v) is 4.93. The second kappa shape index (κ2) is 5.55. The molecule has 0 atom stereocenters. The second-order valence-corrected chi connectivity index (χ2v) is 6.45. The average Bonchev–Trinajstić information content (AvgIpc) is 2.99. The molecule has 19 heavy (non-hydrogen) atoms. The van der Waals surface area contributed by atoms with Crippen molar-refractivity contribution in [3.63, 3.8) is 0 Å². The summed E-state index contributed by atoms with van der Waals surface area (Å²) >= 11 is 0.892. The number of nitrogens with one attached hydrogen (secondary N) is 1. The molecular weight excluding hydrogens is 288 g/mol. The molecule has 0 aliphatic heterocycles. The summed E-state index contributed by atoms with van der Waals surface area (Å²) in [6, 6.07) is 4.87. The Hall–Kier alpha value is -1.64. The molecule has 2 aromatic rings. The molecule has 2 aromatic heterocycles. The maximum Gasteiger partial charge on any atom is 0.345 e. The van der Waals surface area contributed by atoms with Crippen LogP contribution in [-0.2, 0) is 16.6 Å². The van der Waals surface area contributed by atoms with Gasteiger partial charge in [-0.15, -0.1) is 11.3 Å². The lowest BCUT2D eigenvalue weighted by Gasteiger charge is -2.05. The molecule has 2 N–H and O–H groups in total. The maximum atomic E-state index is 11.9. The largest absolute Gasteiger partial charge is 0.477 e. The summed E-state index contributed by atoms with van der Waals surface area (Å²) in [5.74, 6) is -1.13. The number of sulfonamides is 1. The van der Waals surface area contributed by atoms with Gasteiger partial charge in [-0.05, 0) is 18.2 Å². The zero-order valence-electron chi connectivity index (χ0n) is 9.81. The van der Waals surface area contributed by atoms with E-state index in [0.717, 1.165) is 17.4 Å². The quantitative estimate of drug-likeness (QED) is 0.839. The van der Waals surface area contributed by atoms with Crippen LogP contribution in [0.5, 0.6) is 0 Å². The Balaban J connectivity index is 1.99. The minimum atomic E-state index is -3.64. The van der Waals surface area contributed by atoms with Crippen molar-refractivity contribution in [2.45, 2.75) is 11.4 Å². The molecule has 8 heteroatoms. The molecule has 0 amide bonds. The lowest BCUT2D eigenvalue weighted by atomic mass is 10.5. The van der Waals surface area contributed by atoms with E-state index in [0.29, 0.717) is 6.54 Å². The van der Waals surface area contributed by atoms with E-state index in [-0.39, 0.29) is 16.3 Å². The van der Waals surface area contributed by atoms with Gasteiger partial charge in [0.1, 0.15) is 4.88 Å². The van der Waals surface area contributed by atoms with Crippen LogP contribution in [0.25, 0.3) is 0 Å². The third kappa shape index (κ3) is 3.43. The molecule has 0 saturated heterocycles. The number of nitrogens with zero attached hydrogens (tertiary/aromatic N) is 1. The zero-order valence-corrected chi connectivity index (χ0v) is 11.4. The second-order valence-electron chi connectivity index (χ2n) is 3.77. The molecule has 102 valence electrons. The fourth-order valence-corrected chi connectivity index (χ4v) is 3.62. The van der Waals surface area contributed by atoms with E-state index in [1.54, 1.807) is 0 Å². The molecule has 0 aromatic carbocycles. The highest BCUT2D eigenvalue weighted by molar-refractivity contribution is 7.89. The first kappa shape index (κ1) is 13.8. The van der Waals surface area contributed by atoms with Gasteiger partial charge in [0.2, 0.25) is 10.0 Å². The Labute approximate surface area is 114 Å². The van der Waals surface area contributed by atoms with Crippen molar-refractivity contribution in [1.29, 1.82) is 0 Å². The van der Waals surface area contributed by atoms with Crippen LogP contribution in [0.15, 0.2) is 40.9 Å². The lowest BCUT2D eigenvalue weighted by Crippen LogP contribution is -2.26. The Bertz CT molecular complexity index is 659. The van der Waals surface area contributed by atoms with Gasteiger partial charge in [-0.1, -0.05) is 0 Å². The van der Waals surface area contributed by atoms with Crippen molar-refractivity contribution >= 4 is 27.3 Å². The van der Waals surface area contributed by atoms with Gasteiger partial charge in [-0.3, -0.25) is 0 Å². The summed E-state index contributed by atoms with van der Waals surface area (Å²) in [5, 5.41) is 10.1. The molecule has 0 saturated carbocycles. The topological polar surface area (TPSA) is 88.4 Å². The SMILES string of the molecule is O=C(O)c1cc(S(=O)(=O)NCCn2cccc2)cs1. The van der Waals surface area contributed by atoms with E-state index in [1.165, 1.54) is 5.38 Å². The van der Waals surface area contributed by atoms with Gasteiger partial charge in [0, 0.05) is 30.9 Å². The van der Waals surface area contributed by atoms with E-state index >= 15 is 0 Å². The zero-order chi connectivity index (χ0) is 13.9. The van der Waals surface area contributed by atoms with Crippen LogP contribution in [0.2, 0.25) is 0 Å². The van der Waals surface area contributed by atoms with Crippen molar-refractivity contribution < 1.29 is 18.3 Å². The monoisotopic (exact) mass is 300 g/mol. The predicted molar refractivity (Wildman–Crippen MR) is 70.9 cm³/mol. The molecule has 0 bridgehead atoms.